The molecule has 2 heterocycles. The fourth-order valence-electron chi connectivity index (χ4n) is 2.44. The van der Waals surface area contributed by atoms with Crippen molar-refractivity contribution < 1.29 is 4.79 Å². The highest BCUT2D eigenvalue weighted by atomic mass is 32.1. The highest BCUT2D eigenvalue weighted by Gasteiger charge is 2.23. The molecule has 0 radical (unpaired) electrons. The molecule has 1 amide bonds. The maximum atomic E-state index is 12.2. The van der Waals surface area contributed by atoms with E-state index in [1.807, 2.05) is 6.92 Å². The molecule has 6 heteroatoms. The molecule has 1 atom stereocenters. The van der Waals surface area contributed by atoms with Gasteiger partial charge in [-0.15, -0.1) is 11.3 Å². The first kappa shape index (κ1) is 16.4. The number of amides is 1. The average molecular weight is 310 g/mol. The third kappa shape index (κ3) is 4.76. The average Bonchev–Trinajstić information content (AvgIpc) is 2.95. The summed E-state index contributed by atoms with van der Waals surface area (Å²) in [4.78, 5) is 21.3. The van der Waals surface area contributed by atoms with Crippen LogP contribution in [0.15, 0.2) is 5.38 Å². The molecule has 1 aliphatic heterocycles. The van der Waals surface area contributed by atoms with Crippen molar-refractivity contribution in [2.45, 2.75) is 32.7 Å². The summed E-state index contributed by atoms with van der Waals surface area (Å²) in [6.07, 6.45) is 1.80. The molecule has 5 nitrogen and oxygen atoms in total. The molecule has 0 saturated carbocycles. The molecule has 118 valence electrons. The van der Waals surface area contributed by atoms with Gasteiger partial charge in [0.1, 0.15) is 0 Å². The Kier molecular flexibility index (Phi) is 6.14. The van der Waals surface area contributed by atoms with Crippen LogP contribution < -0.4 is 5.32 Å². The zero-order chi connectivity index (χ0) is 15.2. The fraction of sp³-hybridized carbons (Fsp3) is 0.733. The van der Waals surface area contributed by atoms with Crippen LogP contribution in [0.3, 0.4) is 0 Å². The largest absolute Gasteiger partial charge is 0.354 e. The van der Waals surface area contributed by atoms with Crippen LogP contribution in [0.4, 0.5) is 0 Å². The van der Waals surface area contributed by atoms with Crippen LogP contribution in [-0.2, 0) is 17.6 Å². The van der Waals surface area contributed by atoms with Crippen molar-refractivity contribution in [1.29, 1.82) is 0 Å². The van der Waals surface area contributed by atoms with Crippen molar-refractivity contribution in [3.05, 3.63) is 16.1 Å². The van der Waals surface area contributed by atoms with Gasteiger partial charge >= 0.3 is 0 Å². The summed E-state index contributed by atoms with van der Waals surface area (Å²) >= 11 is 1.68. The van der Waals surface area contributed by atoms with Gasteiger partial charge in [-0.2, -0.15) is 0 Å². The van der Waals surface area contributed by atoms with E-state index in [-0.39, 0.29) is 11.9 Å². The Bertz CT molecular complexity index is 454. The third-order valence-corrected chi connectivity index (χ3v) is 5.02. The Balaban J connectivity index is 1.71. The monoisotopic (exact) mass is 310 g/mol. The number of rotatable bonds is 6. The molecule has 1 aliphatic rings. The number of piperazine rings is 1. The minimum Gasteiger partial charge on any atom is -0.354 e. The van der Waals surface area contributed by atoms with E-state index < -0.39 is 0 Å². The minimum absolute atomic E-state index is 0.0406. The Morgan fingerprint density at radius 3 is 2.76 bits per heavy atom. The lowest BCUT2D eigenvalue weighted by atomic mass is 10.2. The number of aromatic nitrogens is 1. The Morgan fingerprint density at radius 2 is 2.14 bits per heavy atom. The molecule has 0 aliphatic carbocycles. The van der Waals surface area contributed by atoms with Crippen LogP contribution in [0.25, 0.3) is 0 Å². The number of nitrogens with one attached hydrogen (secondary N) is 1. The lowest BCUT2D eigenvalue weighted by molar-refractivity contribution is -0.126. The van der Waals surface area contributed by atoms with Crippen molar-refractivity contribution in [2.24, 2.45) is 0 Å². The predicted octanol–water partition coefficient (Wildman–Crippen LogP) is 1.00. The zero-order valence-corrected chi connectivity index (χ0v) is 14.1. The molecule has 0 aromatic carbocycles. The van der Waals surface area contributed by atoms with E-state index >= 15 is 0 Å². The van der Waals surface area contributed by atoms with E-state index in [0.29, 0.717) is 6.54 Å². The smallest absolute Gasteiger partial charge is 0.237 e. The van der Waals surface area contributed by atoms with Gasteiger partial charge in [0.2, 0.25) is 5.91 Å². The number of nitrogens with zero attached hydrogens (tertiary/aromatic N) is 3. The molecule has 1 aromatic heterocycles. The second-order valence-corrected chi connectivity index (χ2v) is 6.59. The molecule has 1 saturated heterocycles. The molecule has 2 rings (SSSR count). The van der Waals surface area contributed by atoms with E-state index in [4.69, 9.17) is 0 Å². The van der Waals surface area contributed by atoms with Gasteiger partial charge in [0.05, 0.1) is 16.7 Å². The normalized spacial score (nSPS) is 18.6. The van der Waals surface area contributed by atoms with Crippen molar-refractivity contribution in [3.8, 4) is 0 Å². The third-order valence-electron chi connectivity index (χ3n) is 4.06. The van der Waals surface area contributed by atoms with Crippen molar-refractivity contribution in [2.75, 3.05) is 39.8 Å². The summed E-state index contributed by atoms with van der Waals surface area (Å²) in [7, 11) is 2.13. The first-order valence-electron chi connectivity index (χ1n) is 7.73. The van der Waals surface area contributed by atoms with E-state index in [1.54, 1.807) is 11.3 Å². The Hall–Kier alpha value is -0.980. The summed E-state index contributed by atoms with van der Waals surface area (Å²) in [6, 6.07) is -0.0406. The minimum atomic E-state index is -0.0406. The van der Waals surface area contributed by atoms with Crippen molar-refractivity contribution >= 4 is 17.2 Å². The van der Waals surface area contributed by atoms with Gasteiger partial charge in [0, 0.05) is 44.5 Å². The van der Waals surface area contributed by atoms with Crippen LogP contribution in [0.2, 0.25) is 0 Å². The van der Waals surface area contributed by atoms with Gasteiger partial charge in [0.25, 0.3) is 0 Å². The number of aryl methyl sites for hydroxylation is 1. The molecule has 21 heavy (non-hydrogen) atoms. The standard InChI is InChI=1S/C15H26N4OS/c1-4-13-11-21-14(17-13)5-6-16-15(20)12(2)19-9-7-18(3)8-10-19/h11-12H,4-10H2,1-3H3,(H,16,20)/t12-/m0/s1. The van der Waals surface area contributed by atoms with Gasteiger partial charge in [-0.25, -0.2) is 4.98 Å². The number of hydrogen-bond acceptors (Lipinski definition) is 5. The van der Waals surface area contributed by atoms with Crippen LogP contribution in [-0.4, -0.2) is 66.5 Å². The quantitative estimate of drug-likeness (QED) is 0.852. The summed E-state index contributed by atoms with van der Waals surface area (Å²) in [5, 5.41) is 6.25. The number of likely N-dealkylation sites (N-methyl/N-ethyl adjacent to an activating group) is 1. The van der Waals surface area contributed by atoms with Crippen molar-refractivity contribution in [1.82, 2.24) is 20.1 Å². The van der Waals surface area contributed by atoms with Crippen molar-refractivity contribution in [3.63, 3.8) is 0 Å². The lowest BCUT2D eigenvalue weighted by Gasteiger charge is -2.35. The van der Waals surface area contributed by atoms with E-state index in [0.717, 1.165) is 49.7 Å². The summed E-state index contributed by atoms with van der Waals surface area (Å²) < 4.78 is 0. The van der Waals surface area contributed by atoms with Gasteiger partial charge in [-0.1, -0.05) is 6.92 Å². The molecule has 0 bridgehead atoms. The Morgan fingerprint density at radius 1 is 1.43 bits per heavy atom. The van der Waals surface area contributed by atoms with Crippen LogP contribution in [0, 0.1) is 0 Å². The maximum Gasteiger partial charge on any atom is 0.237 e. The number of hydrogen-bond donors (Lipinski definition) is 1. The zero-order valence-electron chi connectivity index (χ0n) is 13.3. The highest BCUT2D eigenvalue weighted by Crippen LogP contribution is 2.10. The number of thiazole rings is 1. The van der Waals surface area contributed by atoms with Gasteiger partial charge in [0.15, 0.2) is 0 Å². The highest BCUT2D eigenvalue weighted by molar-refractivity contribution is 7.09. The topological polar surface area (TPSA) is 48.5 Å². The molecule has 1 N–H and O–H groups in total. The predicted molar refractivity (Wildman–Crippen MR) is 86.7 cm³/mol. The molecular formula is C15H26N4OS. The first-order valence-corrected chi connectivity index (χ1v) is 8.61. The summed E-state index contributed by atoms with van der Waals surface area (Å²) in [6.45, 7) is 8.80. The summed E-state index contributed by atoms with van der Waals surface area (Å²) in [5.74, 6) is 0.131. The molecule has 0 spiro atoms. The first-order chi connectivity index (χ1) is 10.1. The van der Waals surface area contributed by atoms with Crippen LogP contribution in [0.1, 0.15) is 24.5 Å². The van der Waals surface area contributed by atoms with E-state index in [1.165, 1.54) is 0 Å². The molecule has 1 fully saturated rings. The number of carbonyl (C=O) groups is 1. The number of carbonyl (C=O) groups excluding carboxylic acids is 1. The van der Waals surface area contributed by atoms with Crippen LogP contribution in [0.5, 0.6) is 0 Å². The Labute approximate surface area is 131 Å². The van der Waals surface area contributed by atoms with Crippen LogP contribution >= 0.6 is 11.3 Å². The second kappa shape index (κ2) is 7.87. The maximum absolute atomic E-state index is 12.2. The van der Waals surface area contributed by atoms with Gasteiger partial charge in [-0.3, -0.25) is 9.69 Å². The molecule has 1 aromatic rings. The SMILES string of the molecule is CCc1csc(CCNC(=O)[C@H](C)N2CCN(C)CC2)n1. The van der Waals surface area contributed by atoms with Gasteiger partial charge in [-0.05, 0) is 20.4 Å². The van der Waals surface area contributed by atoms with E-state index in [9.17, 15) is 4.79 Å². The molecule has 0 unspecified atom stereocenters. The lowest BCUT2D eigenvalue weighted by Crippen LogP contribution is -2.53. The fourth-order valence-corrected chi connectivity index (χ4v) is 3.32. The van der Waals surface area contributed by atoms with E-state index in [2.05, 4.69) is 39.5 Å². The molecular weight excluding hydrogens is 284 g/mol. The summed E-state index contributed by atoms with van der Waals surface area (Å²) in [5.41, 5.74) is 1.15. The van der Waals surface area contributed by atoms with Gasteiger partial charge < -0.3 is 10.2 Å². The second-order valence-electron chi connectivity index (χ2n) is 5.64.